The van der Waals surface area contributed by atoms with Crippen molar-refractivity contribution < 1.29 is 4.39 Å². The maximum atomic E-state index is 13.3. The molecule has 0 bridgehead atoms. The summed E-state index contributed by atoms with van der Waals surface area (Å²) in [5.41, 5.74) is 5.67. The van der Waals surface area contributed by atoms with Crippen LogP contribution in [0.4, 0.5) is 4.39 Å². The molecule has 0 aliphatic heterocycles. The third-order valence-electron chi connectivity index (χ3n) is 1.76. The number of rotatable bonds is 2. The predicted molar refractivity (Wildman–Crippen MR) is 53.6 cm³/mol. The van der Waals surface area contributed by atoms with E-state index in [0.717, 1.165) is 0 Å². The van der Waals surface area contributed by atoms with Gasteiger partial charge in [-0.05, 0) is 12.1 Å². The first kappa shape index (κ1) is 11.3. The third-order valence-corrected chi connectivity index (χ3v) is 2.58. The molecule has 0 radical (unpaired) electrons. The average Bonchev–Trinajstić information content (AvgIpc) is 2.13. The van der Waals surface area contributed by atoms with E-state index < -0.39 is 11.9 Å². The standard InChI is InChI=1S/C9H7Cl2FN2/c10-5-1-2-6(12)8(9(5)11)7(14)3-4-13/h1-2,7H,3,14H2/t7-/m1/s1. The molecule has 0 aliphatic carbocycles. The number of nitrogens with zero attached hydrogens (tertiary/aromatic N) is 1. The highest BCUT2D eigenvalue weighted by Crippen LogP contribution is 2.32. The Morgan fingerprint density at radius 2 is 2.14 bits per heavy atom. The van der Waals surface area contributed by atoms with Gasteiger partial charge in [0.05, 0.1) is 22.5 Å². The first-order valence-electron chi connectivity index (χ1n) is 3.84. The number of nitriles is 1. The number of benzene rings is 1. The van der Waals surface area contributed by atoms with Gasteiger partial charge in [0, 0.05) is 11.6 Å². The molecule has 2 nitrogen and oxygen atoms in total. The number of hydrogen-bond donors (Lipinski definition) is 1. The van der Waals surface area contributed by atoms with Crippen LogP contribution >= 0.6 is 23.2 Å². The molecule has 0 spiro atoms. The molecule has 1 aromatic carbocycles. The van der Waals surface area contributed by atoms with Gasteiger partial charge in [-0.2, -0.15) is 5.26 Å². The van der Waals surface area contributed by atoms with Crippen molar-refractivity contribution in [1.82, 2.24) is 0 Å². The molecule has 1 aromatic rings. The van der Waals surface area contributed by atoms with Crippen LogP contribution in [-0.4, -0.2) is 0 Å². The van der Waals surface area contributed by atoms with Crippen molar-refractivity contribution in [2.45, 2.75) is 12.5 Å². The lowest BCUT2D eigenvalue weighted by Crippen LogP contribution is -2.12. The van der Waals surface area contributed by atoms with E-state index in [1.54, 1.807) is 0 Å². The van der Waals surface area contributed by atoms with Crippen LogP contribution in [-0.2, 0) is 0 Å². The van der Waals surface area contributed by atoms with Gasteiger partial charge in [0.2, 0.25) is 0 Å². The zero-order valence-electron chi connectivity index (χ0n) is 7.10. The van der Waals surface area contributed by atoms with Gasteiger partial charge < -0.3 is 5.73 Å². The van der Waals surface area contributed by atoms with Gasteiger partial charge in [0.25, 0.3) is 0 Å². The van der Waals surface area contributed by atoms with Crippen molar-refractivity contribution in [3.63, 3.8) is 0 Å². The first-order chi connectivity index (χ1) is 6.57. The van der Waals surface area contributed by atoms with Gasteiger partial charge in [0.1, 0.15) is 5.82 Å². The highest BCUT2D eigenvalue weighted by atomic mass is 35.5. The molecule has 0 heterocycles. The molecule has 0 saturated heterocycles. The maximum Gasteiger partial charge on any atom is 0.129 e. The van der Waals surface area contributed by atoms with Gasteiger partial charge in [0.15, 0.2) is 0 Å². The van der Waals surface area contributed by atoms with Gasteiger partial charge in [-0.15, -0.1) is 0 Å². The van der Waals surface area contributed by atoms with E-state index in [-0.39, 0.29) is 22.0 Å². The Morgan fingerprint density at radius 1 is 1.50 bits per heavy atom. The molecular weight excluding hydrogens is 226 g/mol. The summed E-state index contributed by atoms with van der Waals surface area (Å²) in [7, 11) is 0. The molecule has 2 N–H and O–H groups in total. The topological polar surface area (TPSA) is 49.8 Å². The monoisotopic (exact) mass is 232 g/mol. The molecule has 5 heteroatoms. The van der Waals surface area contributed by atoms with E-state index in [1.165, 1.54) is 12.1 Å². The lowest BCUT2D eigenvalue weighted by molar-refractivity contribution is 0.585. The van der Waals surface area contributed by atoms with Crippen LogP contribution in [0, 0.1) is 17.1 Å². The molecule has 0 unspecified atom stereocenters. The van der Waals surface area contributed by atoms with Crippen LogP contribution in [0.5, 0.6) is 0 Å². The minimum Gasteiger partial charge on any atom is -0.323 e. The summed E-state index contributed by atoms with van der Waals surface area (Å²) in [6.07, 6.45) is -0.00299. The normalized spacial score (nSPS) is 12.2. The average molecular weight is 233 g/mol. The van der Waals surface area contributed by atoms with Gasteiger partial charge >= 0.3 is 0 Å². The molecule has 0 aliphatic rings. The van der Waals surface area contributed by atoms with Crippen molar-refractivity contribution in [2.24, 2.45) is 5.73 Å². The number of halogens is 3. The SMILES string of the molecule is N#CC[C@@H](N)c1c(F)ccc(Cl)c1Cl. The summed E-state index contributed by atoms with van der Waals surface area (Å²) in [6, 6.07) is 3.63. The Kier molecular flexibility index (Phi) is 3.70. The molecule has 0 saturated carbocycles. The first-order valence-corrected chi connectivity index (χ1v) is 4.59. The fraction of sp³-hybridized carbons (Fsp3) is 0.222. The zero-order chi connectivity index (χ0) is 10.7. The molecule has 14 heavy (non-hydrogen) atoms. The van der Waals surface area contributed by atoms with E-state index in [4.69, 9.17) is 34.2 Å². The van der Waals surface area contributed by atoms with Crippen LogP contribution < -0.4 is 5.73 Å². The van der Waals surface area contributed by atoms with Crippen LogP contribution in [0.15, 0.2) is 12.1 Å². The fourth-order valence-corrected chi connectivity index (χ4v) is 1.54. The Labute approximate surface area is 91.0 Å². The van der Waals surface area contributed by atoms with E-state index in [1.807, 2.05) is 6.07 Å². The summed E-state index contributed by atoms with van der Waals surface area (Å²) in [5.74, 6) is -0.540. The molecule has 1 rings (SSSR count). The second-order valence-electron chi connectivity index (χ2n) is 2.73. The Balaban J connectivity index is 3.19. The van der Waals surface area contributed by atoms with Crippen molar-refractivity contribution in [2.75, 3.05) is 0 Å². The smallest absolute Gasteiger partial charge is 0.129 e. The predicted octanol–water partition coefficient (Wildman–Crippen LogP) is 3.05. The summed E-state index contributed by atoms with van der Waals surface area (Å²) >= 11 is 11.5. The van der Waals surface area contributed by atoms with Crippen molar-refractivity contribution in [3.8, 4) is 6.07 Å². The van der Waals surface area contributed by atoms with Crippen molar-refractivity contribution in [3.05, 3.63) is 33.6 Å². The third kappa shape index (κ3) is 2.16. The molecule has 74 valence electrons. The minimum absolute atomic E-state index is 0.00299. The lowest BCUT2D eigenvalue weighted by Gasteiger charge is -2.12. The van der Waals surface area contributed by atoms with Crippen LogP contribution in [0.25, 0.3) is 0 Å². The maximum absolute atomic E-state index is 13.3. The molecule has 0 amide bonds. The summed E-state index contributed by atoms with van der Waals surface area (Å²) in [6.45, 7) is 0. The van der Waals surface area contributed by atoms with Crippen LogP contribution in [0.1, 0.15) is 18.0 Å². The van der Waals surface area contributed by atoms with Gasteiger partial charge in [-0.3, -0.25) is 0 Å². The molecule has 0 aromatic heterocycles. The molecule has 1 atom stereocenters. The minimum atomic E-state index is -0.744. The largest absolute Gasteiger partial charge is 0.323 e. The zero-order valence-corrected chi connectivity index (χ0v) is 8.61. The van der Waals surface area contributed by atoms with Crippen LogP contribution in [0.3, 0.4) is 0 Å². The second-order valence-corrected chi connectivity index (χ2v) is 3.51. The summed E-state index contributed by atoms with van der Waals surface area (Å²) < 4.78 is 13.3. The lowest BCUT2D eigenvalue weighted by atomic mass is 10.0. The fourth-order valence-electron chi connectivity index (χ4n) is 1.08. The Bertz CT molecular complexity index is 387. The van der Waals surface area contributed by atoms with Crippen molar-refractivity contribution >= 4 is 23.2 Å². The highest BCUT2D eigenvalue weighted by Gasteiger charge is 2.17. The highest BCUT2D eigenvalue weighted by molar-refractivity contribution is 6.42. The second kappa shape index (κ2) is 4.61. The van der Waals surface area contributed by atoms with E-state index in [9.17, 15) is 4.39 Å². The van der Waals surface area contributed by atoms with Crippen molar-refractivity contribution in [1.29, 1.82) is 5.26 Å². The van der Waals surface area contributed by atoms with E-state index >= 15 is 0 Å². The van der Waals surface area contributed by atoms with Gasteiger partial charge in [-0.1, -0.05) is 23.2 Å². The molecule has 0 fully saturated rings. The number of hydrogen-bond acceptors (Lipinski definition) is 2. The van der Waals surface area contributed by atoms with E-state index in [0.29, 0.717) is 0 Å². The Morgan fingerprint density at radius 3 is 2.71 bits per heavy atom. The summed E-state index contributed by atoms with van der Waals surface area (Å²) in [4.78, 5) is 0. The summed E-state index contributed by atoms with van der Waals surface area (Å²) in [5, 5.41) is 8.73. The molecular formula is C9H7Cl2FN2. The number of nitrogens with two attached hydrogens (primary N) is 1. The van der Waals surface area contributed by atoms with Gasteiger partial charge in [-0.25, -0.2) is 4.39 Å². The van der Waals surface area contributed by atoms with Crippen LogP contribution in [0.2, 0.25) is 10.0 Å². The Hall–Kier alpha value is -0.820. The van der Waals surface area contributed by atoms with E-state index in [2.05, 4.69) is 0 Å². The quantitative estimate of drug-likeness (QED) is 0.798.